The van der Waals surface area contributed by atoms with Crippen LogP contribution >= 0.6 is 22.7 Å². The first-order chi connectivity index (χ1) is 7.11. The van der Waals surface area contributed by atoms with Crippen molar-refractivity contribution >= 4 is 28.4 Å². The summed E-state index contributed by atoms with van der Waals surface area (Å²) < 4.78 is 0. The number of thiazole rings is 1. The summed E-state index contributed by atoms with van der Waals surface area (Å²) in [5, 5.41) is 9.86. The number of nitriles is 1. The van der Waals surface area contributed by atoms with E-state index >= 15 is 0 Å². The summed E-state index contributed by atoms with van der Waals surface area (Å²) in [7, 11) is 0. The molecule has 0 aliphatic rings. The van der Waals surface area contributed by atoms with Crippen molar-refractivity contribution in [2.45, 2.75) is 13.8 Å². The van der Waals surface area contributed by atoms with E-state index in [2.05, 4.69) is 11.1 Å². The van der Waals surface area contributed by atoms with Gasteiger partial charge >= 0.3 is 0 Å². The molecule has 0 unspecified atom stereocenters. The van der Waals surface area contributed by atoms with Gasteiger partial charge in [-0.25, -0.2) is 4.98 Å². The first kappa shape index (κ1) is 10.1. The highest BCUT2D eigenvalue weighted by molar-refractivity contribution is 7.22. The number of rotatable bonds is 1. The fourth-order valence-corrected chi connectivity index (χ4v) is 3.31. The average Bonchev–Trinajstić information content (AvgIpc) is 2.69. The summed E-state index contributed by atoms with van der Waals surface area (Å²) >= 11 is 3.06. The molecule has 0 saturated heterocycles. The fourth-order valence-electron chi connectivity index (χ4n) is 1.36. The Bertz CT molecular complexity index is 546. The Morgan fingerprint density at radius 2 is 2.13 bits per heavy atom. The summed E-state index contributed by atoms with van der Waals surface area (Å²) in [6.07, 6.45) is 0. The molecule has 0 atom stereocenters. The summed E-state index contributed by atoms with van der Waals surface area (Å²) in [5.74, 6) is 0. The van der Waals surface area contributed by atoms with Crippen LogP contribution in [-0.4, -0.2) is 4.98 Å². The SMILES string of the molecule is Cc1nc(C)c(-c2cc(N)c(C#N)s2)s1. The topological polar surface area (TPSA) is 62.7 Å². The number of aryl methyl sites for hydroxylation is 2. The molecule has 0 aromatic carbocycles. The van der Waals surface area contributed by atoms with E-state index in [1.165, 1.54) is 11.3 Å². The lowest BCUT2D eigenvalue weighted by Crippen LogP contribution is -1.81. The third kappa shape index (κ3) is 1.74. The molecular formula is C10H9N3S2. The highest BCUT2D eigenvalue weighted by Crippen LogP contribution is 2.37. The zero-order chi connectivity index (χ0) is 11.0. The van der Waals surface area contributed by atoms with E-state index in [1.54, 1.807) is 11.3 Å². The van der Waals surface area contributed by atoms with Crippen LogP contribution in [0.5, 0.6) is 0 Å². The Morgan fingerprint density at radius 3 is 2.60 bits per heavy atom. The monoisotopic (exact) mass is 235 g/mol. The first-order valence-electron chi connectivity index (χ1n) is 4.35. The van der Waals surface area contributed by atoms with Crippen molar-refractivity contribution in [3.8, 4) is 15.8 Å². The minimum absolute atomic E-state index is 0.558. The van der Waals surface area contributed by atoms with Crippen LogP contribution in [0.3, 0.4) is 0 Å². The van der Waals surface area contributed by atoms with Gasteiger partial charge in [0.05, 0.1) is 21.3 Å². The molecule has 76 valence electrons. The zero-order valence-corrected chi connectivity index (χ0v) is 10.00. The van der Waals surface area contributed by atoms with Crippen molar-refractivity contribution < 1.29 is 0 Å². The lowest BCUT2D eigenvalue weighted by atomic mass is 10.3. The molecule has 2 aromatic heterocycles. The van der Waals surface area contributed by atoms with Gasteiger partial charge in [0.15, 0.2) is 0 Å². The Morgan fingerprint density at radius 1 is 1.40 bits per heavy atom. The van der Waals surface area contributed by atoms with E-state index in [-0.39, 0.29) is 0 Å². The van der Waals surface area contributed by atoms with Crippen molar-refractivity contribution in [3.63, 3.8) is 0 Å². The van der Waals surface area contributed by atoms with Gasteiger partial charge in [-0.3, -0.25) is 0 Å². The molecule has 0 aliphatic heterocycles. The van der Waals surface area contributed by atoms with Gasteiger partial charge in [-0.1, -0.05) is 0 Å². The quantitative estimate of drug-likeness (QED) is 0.826. The second-order valence-corrected chi connectivity index (χ2v) is 5.41. The number of hydrogen-bond acceptors (Lipinski definition) is 5. The summed E-state index contributed by atoms with van der Waals surface area (Å²) in [5.41, 5.74) is 7.28. The summed E-state index contributed by atoms with van der Waals surface area (Å²) in [6.45, 7) is 3.95. The minimum atomic E-state index is 0.558. The van der Waals surface area contributed by atoms with Crippen LogP contribution < -0.4 is 5.73 Å². The van der Waals surface area contributed by atoms with Crippen molar-refractivity contribution in [2.75, 3.05) is 5.73 Å². The number of anilines is 1. The van der Waals surface area contributed by atoms with Crippen LogP contribution in [0.25, 0.3) is 9.75 Å². The third-order valence-electron chi connectivity index (χ3n) is 1.99. The van der Waals surface area contributed by atoms with E-state index in [4.69, 9.17) is 11.0 Å². The molecule has 0 aliphatic carbocycles. The molecule has 0 spiro atoms. The molecule has 0 bridgehead atoms. The van der Waals surface area contributed by atoms with E-state index < -0.39 is 0 Å². The molecule has 15 heavy (non-hydrogen) atoms. The maximum Gasteiger partial charge on any atom is 0.128 e. The molecule has 0 saturated carbocycles. The third-order valence-corrected chi connectivity index (χ3v) is 4.30. The van der Waals surface area contributed by atoms with Crippen molar-refractivity contribution in [2.24, 2.45) is 0 Å². The standard InChI is InChI=1S/C10H9N3S2/c1-5-10(14-6(2)13-5)8-3-7(12)9(4-11)15-8/h3H,12H2,1-2H3. The van der Waals surface area contributed by atoms with Gasteiger partial charge in [0, 0.05) is 4.88 Å². The number of hydrogen-bond donors (Lipinski definition) is 1. The van der Waals surface area contributed by atoms with Crippen molar-refractivity contribution in [1.29, 1.82) is 5.26 Å². The normalized spacial score (nSPS) is 10.2. The van der Waals surface area contributed by atoms with Gasteiger partial charge < -0.3 is 5.73 Å². The van der Waals surface area contributed by atoms with E-state index in [9.17, 15) is 0 Å². The number of thiophene rings is 1. The fraction of sp³-hybridized carbons (Fsp3) is 0.200. The number of nitrogens with two attached hydrogens (primary N) is 1. The van der Waals surface area contributed by atoms with Crippen LogP contribution in [0, 0.1) is 25.2 Å². The Hall–Kier alpha value is -1.38. The highest BCUT2D eigenvalue weighted by Gasteiger charge is 2.12. The first-order valence-corrected chi connectivity index (χ1v) is 5.99. The smallest absolute Gasteiger partial charge is 0.128 e. The predicted octanol–water partition coefficient (Wildman–Crippen LogP) is 2.94. The molecule has 0 radical (unpaired) electrons. The molecule has 0 fully saturated rings. The van der Waals surface area contributed by atoms with Gasteiger partial charge in [-0.2, -0.15) is 5.26 Å². The van der Waals surface area contributed by atoms with Crippen LogP contribution in [-0.2, 0) is 0 Å². The lowest BCUT2D eigenvalue weighted by molar-refractivity contribution is 1.20. The van der Waals surface area contributed by atoms with Crippen LogP contribution in [0.2, 0.25) is 0 Å². The van der Waals surface area contributed by atoms with Gasteiger partial charge in [0.2, 0.25) is 0 Å². The largest absolute Gasteiger partial charge is 0.397 e. The minimum Gasteiger partial charge on any atom is -0.397 e. The van der Waals surface area contributed by atoms with Crippen LogP contribution in [0.4, 0.5) is 5.69 Å². The molecule has 2 heterocycles. The highest BCUT2D eigenvalue weighted by atomic mass is 32.1. The average molecular weight is 235 g/mol. The predicted molar refractivity (Wildman–Crippen MR) is 64.0 cm³/mol. The Balaban J connectivity index is 2.55. The second kappa shape index (κ2) is 3.65. The molecule has 5 heteroatoms. The summed E-state index contributed by atoms with van der Waals surface area (Å²) in [4.78, 5) is 7.08. The molecule has 0 amide bonds. The zero-order valence-electron chi connectivity index (χ0n) is 8.37. The molecule has 2 aromatic rings. The Kier molecular flexibility index (Phi) is 2.47. The van der Waals surface area contributed by atoms with Crippen molar-refractivity contribution in [3.05, 3.63) is 21.6 Å². The van der Waals surface area contributed by atoms with Crippen LogP contribution in [0.15, 0.2) is 6.07 Å². The van der Waals surface area contributed by atoms with E-state index in [0.717, 1.165) is 20.5 Å². The number of nitrogen functional groups attached to an aromatic ring is 1. The van der Waals surface area contributed by atoms with Gasteiger partial charge in [-0.15, -0.1) is 22.7 Å². The maximum absolute atomic E-state index is 8.82. The second-order valence-electron chi connectivity index (χ2n) is 3.15. The summed E-state index contributed by atoms with van der Waals surface area (Å²) in [6, 6.07) is 3.94. The number of nitrogens with zero attached hydrogens (tertiary/aromatic N) is 2. The van der Waals surface area contributed by atoms with Crippen LogP contribution in [0.1, 0.15) is 15.6 Å². The van der Waals surface area contributed by atoms with E-state index in [0.29, 0.717) is 10.6 Å². The molecule has 2 rings (SSSR count). The van der Waals surface area contributed by atoms with Gasteiger partial charge in [0.25, 0.3) is 0 Å². The Labute approximate surface area is 95.8 Å². The lowest BCUT2D eigenvalue weighted by Gasteiger charge is -1.90. The van der Waals surface area contributed by atoms with E-state index in [1.807, 2.05) is 19.9 Å². The molecule has 2 N–H and O–H groups in total. The molecule has 3 nitrogen and oxygen atoms in total. The van der Waals surface area contributed by atoms with Gasteiger partial charge in [-0.05, 0) is 19.9 Å². The maximum atomic E-state index is 8.82. The molecular weight excluding hydrogens is 226 g/mol. The van der Waals surface area contributed by atoms with Crippen molar-refractivity contribution in [1.82, 2.24) is 4.98 Å². The number of aromatic nitrogens is 1. The van der Waals surface area contributed by atoms with Gasteiger partial charge in [0.1, 0.15) is 10.9 Å².